The maximum atomic E-state index is 4.61. The molecule has 6 atom stereocenters. The van der Waals surface area contributed by atoms with Crippen LogP contribution in [-0.4, -0.2) is 24.9 Å². The molecule has 0 amide bonds. The Bertz CT molecular complexity index is 1500. The molecular weight excluding hydrogens is 587 g/mol. The van der Waals surface area contributed by atoms with Crippen molar-refractivity contribution in [3.63, 3.8) is 0 Å². The van der Waals surface area contributed by atoms with E-state index in [1.54, 1.807) is 0 Å². The van der Waals surface area contributed by atoms with Crippen LogP contribution < -0.4 is 0 Å². The Balaban J connectivity index is 1.12. The van der Waals surface area contributed by atoms with Crippen molar-refractivity contribution >= 4 is 0 Å². The van der Waals surface area contributed by atoms with Crippen molar-refractivity contribution < 1.29 is 0 Å². The van der Waals surface area contributed by atoms with Crippen LogP contribution in [0.25, 0.3) is 0 Å². The molecule has 6 unspecified atom stereocenters. The van der Waals surface area contributed by atoms with Gasteiger partial charge in [0, 0.05) is 62.0 Å². The molecule has 3 aliphatic rings. The van der Waals surface area contributed by atoms with E-state index >= 15 is 0 Å². The average molecular weight is 634 g/mol. The summed E-state index contributed by atoms with van der Waals surface area (Å²) in [6.07, 6.45) is 31.4. The van der Waals surface area contributed by atoms with Gasteiger partial charge in [-0.25, -0.2) is 0 Å². The fourth-order valence-corrected chi connectivity index (χ4v) is 10.1. The first-order valence-electron chi connectivity index (χ1n) is 18.3. The summed E-state index contributed by atoms with van der Waals surface area (Å²) < 4.78 is 0. The van der Waals surface area contributed by atoms with E-state index in [-0.39, 0.29) is 0 Å². The molecular formula is C43H47N5. The molecule has 3 saturated carbocycles. The lowest BCUT2D eigenvalue weighted by Crippen LogP contribution is -2.36. The highest BCUT2D eigenvalue weighted by Gasteiger charge is 2.43. The Kier molecular flexibility index (Phi) is 9.36. The standard InChI is InChI=1S/C43H47N5/c1-6-30(25-44-11-1)35-16-36(31-7-2-12-45-26-31)19-40(18-35)42-22-39(34-10-5-15-48-29-34)23-43(24-42)41-20-37(32-8-3-13-46-27-32)17-38(21-41)33-9-4-14-47-28-33/h1-15,25-29,35-43H,16-24H2. The number of pyridine rings is 5. The van der Waals surface area contributed by atoms with Crippen molar-refractivity contribution in [1.29, 1.82) is 0 Å². The molecule has 5 heterocycles. The second kappa shape index (κ2) is 14.5. The molecule has 0 aliphatic heterocycles. The molecule has 5 heteroatoms. The summed E-state index contributed by atoms with van der Waals surface area (Å²) in [7, 11) is 0. The third-order valence-corrected chi connectivity index (χ3v) is 12.4. The fraction of sp³-hybridized carbons (Fsp3) is 0.419. The van der Waals surface area contributed by atoms with E-state index in [9.17, 15) is 0 Å². The molecule has 0 spiro atoms. The zero-order chi connectivity index (χ0) is 32.1. The van der Waals surface area contributed by atoms with Crippen molar-refractivity contribution in [2.24, 2.45) is 23.7 Å². The summed E-state index contributed by atoms with van der Waals surface area (Å²) in [4.78, 5) is 22.8. The molecule has 3 aliphatic carbocycles. The molecule has 5 nitrogen and oxygen atoms in total. The molecule has 0 N–H and O–H groups in total. The quantitative estimate of drug-likeness (QED) is 0.178. The number of hydrogen-bond acceptors (Lipinski definition) is 5. The third kappa shape index (κ3) is 6.97. The van der Waals surface area contributed by atoms with Gasteiger partial charge in [-0.2, -0.15) is 0 Å². The second-order valence-corrected chi connectivity index (χ2v) is 15.1. The van der Waals surface area contributed by atoms with Crippen molar-refractivity contribution in [2.45, 2.75) is 87.4 Å². The first-order valence-corrected chi connectivity index (χ1v) is 18.3. The molecule has 0 bridgehead atoms. The third-order valence-electron chi connectivity index (χ3n) is 12.4. The van der Waals surface area contributed by atoms with Crippen molar-refractivity contribution in [2.75, 3.05) is 0 Å². The largest absolute Gasteiger partial charge is 0.264 e. The minimum Gasteiger partial charge on any atom is -0.264 e. The number of nitrogens with zero attached hydrogens (tertiary/aromatic N) is 5. The Labute approximate surface area is 285 Å². The Morgan fingerprint density at radius 1 is 0.292 bits per heavy atom. The first-order chi connectivity index (χ1) is 23.8. The first kappa shape index (κ1) is 31.0. The van der Waals surface area contributed by atoms with Crippen LogP contribution in [0.2, 0.25) is 0 Å². The Morgan fingerprint density at radius 3 is 0.750 bits per heavy atom. The van der Waals surface area contributed by atoms with Crippen LogP contribution in [0.15, 0.2) is 123 Å². The summed E-state index contributed by atoms with van der Waals surface area (Å²) in [5.74, 6) is 5.36. The fourth-order valence-electron chi connectivity index (χ4n) is 10.1. The lowest BCUT2D eigenvalue weighted by molar-refractivity contribution is 0.0812. The van der Waals surface area contributed by atoms with Gasteiger partial charge in [0.15, 0.2) is 0 Å². The summed E-state index contributed by atoms with van der Waals surface area (Å²) >= 11 is 0. The van der Waals surface area contributed by atoms with Gasteiger partial charge in [0.25, 0.3) is 0 Å². The van der Waals surface area contributed by atoms with E-state index in [1.807, 2.05) is 31.0 Å². The summed E-state index contributed by atoms with van der Waals surface area (Å²) in [5, 5.41) is 0. The van der Waals surface area contributed by atoms with Crippen LogP contribution in [0.1, 0.15) is 115 Å². The summed E-state index contributed by atoms with van der Waals surface area (Å²) in [6.45, 7) is 0. The Hall–Kier alpha value is -4.25. The Morgan fingerprint density at radius 2 is 0.521 bits per heavy atom. The number of rotatable bonds is 7. The molecule has 0 saturated heterocycles. The van der Waals surface area contributed by atoms with Gasteiger partial charge >= 0.3 is 0 Å². The molecule has 48 heavy (non-hydrogen) atoms. The lowest BCUT2D eigenvalue weighted by atomic mass is 9.57. The van der Waals surface area contributed by atoms with Crippen molar-refractivity contribution in [3.8, 4) is 0 Å². The van der Waals surface area contributed by atoms with Gasteiger partial charge in [-0.1, -0.05) is 30.3 Å². The van der Waals surface area contributed by atoms with Gasteiger partial charge in [-0.15, -0.1) is 0 Å². The van der Waals surface area contributed by atoms with E-state index in [4.69, 9.17) is 0 Å². The number of hydrogen-bond donors (Lipinski definition) is 0. The van der Waals surface area contributed by atoms with E-state index in [0.717, 1.165) is 0 Å². The number of aromatic nitrogens is 5. The second-order valence-electron chi connectivity index (χ2n) is 15.1. The zero-order valence-corrected chi connectivity index (χ0v) is 27.8. The van der Waals surface area contributed by atoms with Gasteiger partial charge in [-0.05, 0) is 169 Å². The summed E-state index contributed by atoms with van der Waals surface area (Å²) in [5.41, 5.74) is 7.03. The predicted octanol–water partition coefficient (Wildman–Crippen LogP) is 9.90. The van der Waals surface area contributed by atoms with E-state index in [1.165, 1.54) is 85.6 Å². The molecule has 8 rings (SSSR count). The van der Waals surface area contributed by atoms with Crippen LogP contribution in [0, 0.1) is 23.7 Å². The molecule has 3 fully saturated rings. The van der Waals surface area contributed by atoms with Crippen LogP contribution in [0.3, 0.4) is 0 Å². The smallest absolute Gasteiger partial charge is 0.0302 e. The van der Waals surface area contributed by atoms with E-state index in [0.29, 0.717) is 53.3 Å². The molecule has 0 aromatic carbocycles. The topological polar surface area (TPSA) is 64.5 Å². The van der Waals surface area contributed by atoms with Crippen molar-refractivity contribution in [1.82, 2.24) is 24.9 Å². The van der Waals surface area contributed by atoms with Crippen molar-refractivity contribution in [3.05, 3.63) is 150 Å². The van der Waals surface area contributed by atoms with E-state index < -0.39 is 0 Å². The SMILES string of the molecule is c1cncc(C2CC(c3cccnc3)CC(C3CC(c4cccnc4)CC(C4CC(c5cccnc5)CC(c5cccnc5)C4)C3)C2)c1. The highest BCUT2D eigenvalue weighted by atomic mass is 14.6. The van der Waals surface area contributed by atoms with Crippen LogP contribution >= 0.6 is 0 Å². The molecule has 5 aromatic heterocycles. The van der Waals surface area contributed by atoms with E-state index in [2.05, 4.69) is 117 Å². The monoisotopic (exact) mass is 633 g/mol. The average Bonchev–Trinajstić information content (AvgIpc) is 3.19. The maximum Gasteiger partial charge on any atom is 0.0302 e. The highest BCUT2D eigenvalue weighted by molar-refractivity contribution is 5.25. The highest BCUT2D eigenvalue weighted by Crippen LogP contribution is 2.56. The van der Waals surface area contributed by atoms with Crippen LogP contribution in [0.5, 0.6) is 0 Å². The van der Waals surface area contributed by atoms with Gasteiger partial charge in [0.05, 0.1) is 0 Å². The van der Waals surface area contributed by atoms with Gasteiger partial charge in [-0.3, -0.25) is 24.9 Å². The normalized spacial score (nSPS) is 30.8. The van der Waals surface area contributed by atoms with Crippen LogP contribution in [-0.2, 0) is 0 Å². The van der Waals surface area contributed by atoms with Crippen LogP contribution in [0.4, 0.5) is 0 Å². The van der Waals surface area contributed by atoms with Gasteiger partial charge < -0.3 is 0 Å². The molecule has 0 radical (unpaired) electrons. The zero-order valence-electron chi connectivity index (χ0n) is 27.8. The lowest BCUT2D eigenvalue weighted by Gasteiger charge is -2.47. The summed E-state index contributed by atoms with van der Waals surface area (Å²) in [6, 6.07) is 22.2. The van der Waals surface area contributed by atoms with Gasteiger partial charge in [0.1, 0.15) is 0 Å². The molecule has 244 valence electrons. The maximum absolute atomic E-state index is 4.61. The minimum absolute atomic E-state index is 0.527. The molecule has 5 aromatic rings. The minimum atomic E-state index is 0.527. The predicted molar refractivity (Wildman–Crippen MR) is 190 cm³/mol. The van der Waals surface area contributed by atoms with Gasteiger partial charge in [0.2, 0.25) is 0 Å².